The molecule has 0 saturated heterocycles. The number of H-pyrrole nitrogens is 1. The van der Waals surface area contributed by atoms with Gasteiger partial charge in [-0.15, -0.1) is 0 Å². The minimum Gasteiger partial charge on any atom is -0.339 e. The Morgan fingerprint density at radius 3 is 2.60 bits per heavy atom. The van der Waals surface area contributed by atoms with E-state index < -0.39 is 0 Å². The standard InChI is InChI=1S/C17H15N3/c1-2-7-13(8-3-1)18-17-15-11-10-12-6-4-5-9-14(12)16(15)19-20-17/h1-9H,10-11H2,(H2,18,19,20). The Labute approximate surface area is 117 Å². The van der Waals surface area contributed by atoms with Crippen LogP contribution < -0.4 is 5.32 Å². The second kappa shape index (κ2) is 4.53. The van der Waals surface area contributed by atoms with Gasteiger partial charge < -0.3 is 5.32 Å². The summed E-state index contributed by atoms with van der Waals surface area (Å²) in [5, 5.41) is 11.0. The summed E-state index contributed by atoms with van der Waals surface area (Å²) in [4.78, 5) is 0. The van der Waals surface area contributed by atoms with Gasteiger partial charge in [0.25, 0.3) is 0 Å². The normalized spacial score (nSPS) is 12.6. The summed E-state index contributed by atoms with van der Waals surface area (Å²) < 4.78 is 0. The summed E-state index contributed by atoms with van der Waals surface area (Å²) in [7, 11) is 0. The van der Waals surface area contributed by atoms with Crippen molar-refractivity contribution >= 4 is 11.5 Å². The highest BCUT2D eigenvalue weighted by molar-refractivity contribution is 5.75. The highest BCUT2D eigenvalue weighted by atomic mass is 15.2. The monoisotopic (exact) mass is 261 g/mol. The fraction of sp³-hybridized carbons (Fsp3) is 0.118. The van der Waals surface area contributed by atoms with Crippen LogP contribution in [0.5, 0.6) is 0 Å². The van der Waals surface area contributed by atoms with Crippen molar-refractivity contribution in [3.8, 4) is 11.3 Å². The maximum Gasteiger partial charge on any atom is 0.156 e. The van der Waals surface area contributed by atoms with Crippen LogP contribution in [0.2, 0.25) is 0 Å². The van der Waals surface area contributed by atoms with Crippen molar-refractivity contribution < 1.29 is 0 Å². The van der Waals surface area contributed by atoms with Gasteiger partial charge >= 0.3 is 0 Å². The number of anilines is 2. The summed E-state index contributed by atoms with van der Waals surface area (Å²) in [5.41, 5.74) is 6.19. The molecule has 0 unspecified atom stereocenters. The lowest BCUT2D eigenvalue weighted by Crippen LogP contribution is -2.04. The number of hydrogen-bond acceptors (Lipinski definition) is 2. The summed E-state index contributed by atoms with van der Waals surface area (Å²) in [5.74, 6) is 0.945. The van der Waals surface area contributed by atoms with Crippen LogP contribution in [0.4, 0.5) is 11.5 Å². The fourth-order valence-corrected chi connectivity index (χ4v) is 2.83. The molecule has 1 aliphatic rings. The first-order valence-electron chi connectivity index (χ1n) is 6.89. The quantitative estimate of drug-likeness (QED) is 0.734. The molecule has 0 radical (unpaired) electrons. The Morgan fingerprint density at radius 1 is 0.900 bits per heavy atom. The lowest BCUT2D eigenvalue weighted by atomic mass is 9.90. The number of nitrogens with zero attached hydrogens (tertiary/aromatic N) is 1. The average molecular weight is 261 g/mol. The number of fused-ring (bicyclic) bond motifs is 3. The molecule has 3 nitrogen and oxygen atoms in total. The molecule has 0 aliphatic heterocycles. The van der Waals surface area contributed by atoms with E-state index in [-0.39, 0.29) is 0 Å². The number of hydrogen-bond donors (Lipinski definition) is 2. The van der Waals surface area contributed by atoms with E-state index in [4.69, 9.17) is 0 Å². The number of aromatic amines is 1. The smallest absolute Gasteiger partial charge is 0.156 e. The van der Waals surface area contributed by atoms with Gasteiger partial charge in [0.15, 0.2) is 5.82 Å². The molecule has 3 heteroatoms. The van der Waals surface area contributed by atoms with Gasteiger partial charge in [-0.25, -0.2) is 0 Å². The van der Waals surface area contributed by atoms with Crippen molar-refractivity contribution in [2.75, 3.05) is 5.32 Å². The van der Waals surface area contributed by atoms with Crippen LogP contribution in [0.15, 0.2) is 54.6 Å². The van der Waals surface area contributed by atoms with Crippen molar-refractivity contribution in [2.24, 2.45) is 0 Å². The Kier molecular flexibility index (Phi) is 2.56. The molecule has 0 spiro atoms. The maximum absolute atomic E-state index is 4.46. The Hall–Kier alpha value is -2.55. The molecule has 1 aromatic heterocycles. The van der Waals surface area contributed by atoms with Gasteiger partial charge in [-0.3, -0.25) is 5.10 Å². The van der Waals surface area contributed by atoms with E-state index in [1.54, 1.807) is 0 Å². The van der Waals surface area contributed by atoms with Crippen molar-refractivity contribution in [1.82, 2.24) is 10.2 Å². The molecule has 98 valence electrons. The third-order valence-electron chi connectivity index (χ3n) is 3.83. The van der Waals surface area contributed by atoms with E-state index in [1.165, 1.54) is 16.7 Å². The van der Waals surface area contributed by atoms with E-state index in [2.05, 4.69) is 51.9 Å². The highest BCUT2D eigenvalue weighted by Gasteiger charge is 2.21. The molecule has 1 heterocycles. The molecule has 4 rings (SSSR count). The second-order valence-corrected chi connectivity index (χ2v) is 5.07. The Balaban J connectivity index is 1.74. The molecular weight excluding hydrogens is 246 g/mol. The van der Waals surface area contributed by atoms with Crippen LogP contribution >= 0.6 is 0 Å². The van der Waals surface area contributed by atoms with E-state index >= 15 is 0 Å². The Bertz CT molecular complexity index is 744. The van der Waals surface area contributed by atoms with Crippen molar-refractivity contribution in [3.63, 3.8) is 0 Å². The van der Waals surface area contributed by atoms with Gasteiger partial charge in [-0.2, -0.15) is 5.10 Å². The van der Waals surface area contributed by atoms with Crippen molar-refractivity contribution in [2.45, 2.75) is 12.8 Å². The van der Waals surface area contributed by atoms with Crippen LogP contribution in [0.3, 0.4) is 0 Å². The van der Waals surface area contributed by atoms with Gasteiger partial charge in [0.2, 0.25) is 0 Å². The number of para-hydroxylation sites is 1. The van der Waals surface area contributed by atoms with Crippen LogP contribution in [-0.4, -0.2) is 10.2 Å². The summed E-state index contributed by atoms with van der Waals surface area (Å²) in [6.45, 7) is 0. The molecule has 0 fully saturated rings. The first-order valence-corrected chi connectivity index (χ1v) is 6.89. The molecule has 3 aromatic rings. The number of rotatable bonds is 2. The first-order chi connectivity index (χ1) is 9.92. The third-order valence-corrected chi connectivity index (χ3v) is 3.83. The second-order valence-electron chi connectivity index (χ2n) is 5.07. The van der Waals surface area contributed by atoms with Gasteiger partial charge in [0.05, 0.1) is 5.69 Å². The lowest BCUT2D eigenvalue weighted by molar-refractivity contribution is 0.943. The Morgan fingerprint density at radius 2 is 1.70 bits per heavy atom. The zero-order valence-electron chi connectivity index (χ0n) is 11.1. The van der Waals surface area contributed by atoms with Gasteiger partial charge in [-0.05, 0) is 30.5 Å². The molecule has 0 bridgehead atoms. The summed E-state index contributed by atoms with van der Waals surface area (Å²) >= 11 is 0. The largest absolute Gasteiger partial charge is 0.339 e. The fourth-order valence-electron chi connectivity index (χ4n) is 2.83. The SMILES string of the molecule is c1ccc(Nc2n[nH]c3c2CCc2ccccc2-3)cc1. The number of benzene rings is 2. The molecule has 1 aliphatic carbocycles. The van der Waals surface area contributed by atoms with Gasteiger partial charge in [-0.1, -0.05) is 42.5 Å². The number of aryl methyl sites for hydroxylation is 1. The predicted octanol–water partition coefficient (Wildman–Crippen LogP) is 3.92. The molecule has 0 saturated carbocycles. The first kappa shape index (κ1) is 11.3. The van der Waals surface area contributed by atoms with Crippen molar-refractivity contribution in [3.05, 3.63) is 65.7 Å². The molecular formula is C17H15N3. The van der Waals surface area contributed by atoms with E-state index in [1.807, 2.05) is 18.2 Å². The summed E-state index contributed by atoms with van der Waals surface area (Å²) in [6.07, 6.45) is 2.10. The molecule has 2 aromatic carbocycles. The predicted molar refractivity (Wildman–Crippen MR) is 81.2 cm³/mol. The maximum atomic E-state index is 4.46. The lowest BCUT2D eigenvalue weighted by Gasteiger charge is -2.16. The van der Waals surface area contributed by atoms with E-state index in [0.717, 1.165) is 30.0 Å². The average Bonchev–Trinajstić information content (AvgIpc) is 2.92. The van der Waals surface area contributed by atoms with Crippen LogP contribution in [0.25, 0.3) is 11.3 Å². The van der Waals surface area contributed by atoms with E-state index in [0.29, 0.717) is 0 Å². The molecule has 20 heavy (non-hydrogen) atoms. The third kappa shape index (κ3) is 1.79. The number of nitrogens with one attached hydrogen (secondary N) is 2. The zero-order valence-corrected chi connectivity index (χ0v) is 11.1. The van der Waals surface area contributed by atoms with Crippen LogP contribution in [-0.2, 0) is 12.8 Å². The van der Waals surface area contributed by atoms with Crippen molar-refractivity contribution in [1.29, 1.82) is 0 Å². The van der Waals surface area contributed by atoms with Gasteiger partial charge in [0.1, 0.15) is 0 Å². The zero-order chi connectivity index (χ0) is 13.4. The minimum atomic E-state index is 0.945. The highest BCUT2D eigenvalue weighted by Crippen LogP contribution is 2.35. The summed E-state index contributed by atoms with van der Waals surface area (Å²) in [6, 6.07) is 18.7. The van der Waals surface area contributed by atoms with Gasteiger partial charge in [0, 0.05) is 16.8 Å². The van der Waals surface area contributed by atoms with Crippen LogP contribution in [0.1, 0.15) is 11.1 Å². The van der Waals surface area contributed by atoms with E-state index in [9.17, 15) is 0 Å². The number of aromatic nitrogens is 2. The molecule has 2 N–H and O–H groups in total. The molecule has 0 amide bonds. The van der Waals surface area contributed by atoms with Crippen LogP contribution in [0, 0.1) is 0 Å². The molecule has 0 atom stereocenters. The minimum absolute atomic E-state index is 0.945. The topological polar surface area (TPSA) is 40.7 Å².